The van der Waals surface area contributed by atoms with Gasteiger partial charge in [0.2, 0.25) is 5.91 Å². The second-order valence-corrected chi connectivity index (χ2v) is 6.04. The first-order valence-electron chi connectivity index (χ1n) is 6.70. The van der Waals surface area contributed by atoms with Gasteiger partial charge in [-0.05, 0) is 42.1 Å². The van der Waals surface area contributed by atoms with Crippen LogP contribution in [0.1, 0.15) is 13.3 Å². The van der Waals surface area contributed by atoms with Crippen LogP contribution in [-0.2, 0) is 4.79 Å². The summed E-state index contributed by atoms with van der Waals surface area (Å²) in [6.07, 6.45) is 0.946. The van der Waals surface area contributed by atoms with Crippen molar-refractivity contribution < 1.29 is 13.9 Å². The van der Waals surface area contributed by atoms with E-state index >= 15 is 0 Å². The Hall–Kier alpha value is -1.95. The van der Waals surface area contributed by atoms with Gasteiger partial charge in [0, 0.05) is 17.5 Å². The molecule has 1 heterocycles. The third-order valence-corrected chi connectivity index (χ3v) is 4.35. The molecule has 0 bridgehead atoms. The van der Waals surface area contributed by atoms with Crippen molar-refractivity contribution >= 4 is 22.4 Å². The summed E-state index contributed by atoms with van der Waals surface area (Å²) in [6, 6.07) is 6.44. The number of nitrogens with one attached hydrogen (secondary N) is 1. The number of halogens is 1. The van der Waals surface area contributed by atoms with Gasteiger partial charge in [0.25, 0.3) is 0 Å². The van der Waals surface area contributed by atoms with E-state index < -0.39 is 5.82 Å². The molecule has 3 rings (SSSR count). The van der Waals surface area contributed by atoms with Crippen molar-refractivity contribution in [1.82, 2.24) is 4.37 Å². The van der Waals surface area contributed by atoms with Gasteiger partial charge in [0.15, 0.2) is 11.6 Å². The highest BCUT2D eigenvalue weighted by atomic mass is 32.1. The molecule has 6 heteroatoms. The highest BCUT2D eigenvalue weighted by molar-refractivity contribution is 7.10. The summed E-state index contributed by atoms with van der Waals surface area (Å²) < 4.78 is 22.8. The van der Waals surface area contributed by atoms with E-state index in [1.54, 1.807) is 18.2 Å². The molecule has 2 atom stereocenters. The van der Waals surface area contributed by atoms with Gasteiger partial charge in [-0.1, -0.05) is 6.92 Å². The lowest BCUT2D eigenvalue weighted by Crippen LogP contribution is -2.13. The fourth-order valence-electron chi connectivity index (χ4n) is 2.20. The van der Waals surface area contributed by atoms with Crippen molar-refractivity contribution in [3.8, 4) is 17.0 Å². The highest BCUT2D eigenvalue weighted by Crippen LogP contribution is 2.39. The number of hydrogen-bond acceptors (Lipinski definition) is 4. The summed E-state index contributed by atoms with van der Waals surface area (Å²) in [5, 5.41) is 3.55. The van der Waals surface area contributed by atoms with Crippen LogP contribution < -0.4 is 10.1 Å². The van der Waals surface area contributed by atoms with Gasteiger partial charge in [-0.25, -0.2) is 4.39 Å². The average molecular weight is 306 g/mol. The van der Waals surface area contributed by atoms with Crippen molar-refractivity contribution in [2.45, 2.75) is 13.3 Å². The van der Waals surface area contributed by atoms with Crippen molar-refractivity contribution in [2.75, 3.05) is 12.4 Å². The lowest BCUT2D eigenvalue weighted by Gasteiger charge is -2.03. The Balaban J connectivity index is 1.75. The zero-order chi connectivity index (χ0) is 15.0. The summed E-state index contributed by atoms with van der Waals surface area (Å²) in [5.41, 5.74) is 1.30. The number of hydrogen-bond donors (Lipinski definition) is 1. The first-order valence-corrected chi connectivity index (χ1v) is 7.47. The molecule has 0 spiro atoms. The molecule has 1 aliphatic carbocycles. The molecule has 110 valence electrons. The number of ether oxygens (including phenoxy) is 1. The van der Waals surface area contributed by atoms with Gasteiger partial charge in [0.1, 0.15) is 5.00 Å². The van der Waals surface area contributed by atoms with Crippen LogP contribution >= 0.6 is 11.5 Å². The lowest BCUT2D eigenvalue weighted by atomic mass is 10.1. The Morgan fingerprint density at radius 2 is 2.24 bits per heavy atom. The number of aromatic nitrogens is 1. The number of benzene rings is 1. The van der Waals surface area contributed by atoms with Gasteiger partial charge >= 0.3 is 0 Å². The summed E-state index contributed by atoms with van der Waals surface area (Å²) in [6.45, 7) is 2.06. The van der Waals surface area contributed by atoms with Gasteiger partial charge in [0.05, 0.1) is 12.8 Å². The molecule has 1 amide bonds. The molecule has 1 saturated carbocycles. The molecule has 0 radical (unpaired) electrons. The van der Waals surface area contributed by atoms with E-state index in [-0.39, 0.29) is 17.6 Å². The minimum Gasteiger partial charge on any atom is -0.494 e. The van der Waals surface area contributed by atoms with Crippen molar-refractivity contribution in [3.05, 3.63) is 30.1 Å². The van der Waals surface area contributed by atoms with Crippen molar-refractivity contribution in [1.29, 1.82) is 0 Å². The summed E-state index contributed by atoms with van der Waals surface area (Å²) in [7, 11) is 1.42. The first kappa shape index (κ1) is 14.0. The highest BCUT2D eigenvalue weighted by Gasteiger charge is 2.39. The van der Waals surface area contributed by atoms with Crippen LogP contribution in [0.25, 0.3) is 11.3 Å². The topological polar surface area (TPSA) is 51.2 Å². The van der Waals surface area contributed by atoms with E-state index in [0.29, 0.717) is 22.2 Å². The Kier molecular flexibility index (Phi) is 3.63. The molecule has 0 saturated heterocycles. The Bertz CT molecular complexity index is 686. The van der Waals surface area contributed by atoms with Crippen molar-refractivity contribution in [3.63, 3.8) is 0 Å². The number of amides is 1. The zero-order valence-electron chi connectivity index (χ0n) is 11.7. The number of rotatable bonds is 4. The van der Waals surface area contributed by atoms with Gasteiger partial charge < -0.3 is 10.1 Å². The molecule has 2 aromatic rings. The number of carbonyl (C=O) groups excluding carboxylic acids is 1. The average Bonchev–Trinajstić information content (AvgIpc) is 3.02. The lowest BCUT2D eigenvalue weighted by molar-refractivity contribution is -0.117. The standard InChI is InChI=1S/C15H15FN2O2S/c1-8-5-10(8)15(19)17-14-7-12(18-21-14)9-3-4-13(20-2)11(16)6-9/h3-4,6-8,10H,5H2,1-2H3,(H,17,19)/t8?,10-/m1/s1. The number of carbonyl (C=O) groups is 1. The fourth-order valence-corrected chi connectivity index (χ4v) is 2.86. The molecule has 21 heavy (non-hydrogen) atoms. The molecule has 4 nitrogen and oxygen atoms in total. The van der Waals surface area contributed by atoms with Crippen LogP contribution in [0, 0.1) is 17.7 Å². The molecular weight excluding hydrogens is 291 g/mol. The molecule has 1 N–H and O–H groups in total. The monoisotopic (exact) mass is 306 g/mol. The molecule has 1 fully saturated rings. The van der Waals surface area contributed by atoms with Gasteiger partial charge in [-0.15, -0.1) is 0 Å². The second kappa shape index (κ2) is 5.44. The van der Waals surface area contributed by atoms with Crippen LogP contribution in [0.2, 0.25) is 0 Å². The molecule has 0 aliphatic heterocycles. The van der Waals surface area contributed by atoms with Crippen LogP contribution in [0.4, 0.5) is 9.39 Å². The SMILES string of the molecule is COc1ccc(-c2cc(NC(=O)[C@@H]3CC3C)sn2)cc1F. The number of methoxy groups -OCH3 is 1. The largest absolute Gasteiger partial charge is 0.494 e. The minimum atomic E-state index is -0.430. The summed E-state index contributed by atoms with van der Waals surface area (Å²) in [4.78, 5) is 11.9. The van der Waals surface area contributed by atoms with Crippen LogP contribution in [-0.4, -0.2) is 17.4 Å². The van der Waals surface area contributed by atoms with Gasteiger partial charge in [-0.3, -0.25) is 4.79 Å². The Morgan fingerprint density at radius 3 is 2.86 bits per heavy atom. The van der Waals surface area contributed by atoms with Crippen LogP contribution in [0.15, 0.2) is 24.3 Å². The van der Waals surface area contributed by atoms with E-state index in [1.165, 1.54) is 24.7 Å². The van der Waals surface area contributed by atoms with E-state index in [4.69, 9.17) is 4.74 Å². The predicted octanol–water partition coefficient (Wildman–Crippen LogP) is 3.55. The summed E-state index contributed by atoms with van der Waals surface area (Å²) in [5.74, 6) is 0.395. The Morgan fingerprint density at radius 1 is 1.48 bits per heavy atom. The molecule has 1 unspecified atom stereocenters. The van der Waals surface area contributed by atoms with E-state index in [0.717, 1.165) is 6.42 Å². The smallest absolute Gasteiger partial charge is 0.228 e. The van der Waals surface area contributed by atoms with Gasteiger partial charge in [-0.2, -0.15) is 4.37 Å². The van der Waals surface area contributed by atoms with E-state index in [9.17, 15) is 9.18 Å². The van der Waals surface area contributed by atoms with E-state index in [1.807, 2.05) is 0 Å². The molecule has 1 aromatic heterocycles. The minimum absolute atomic E-state index is 0.0404. The van der Waals surface area contributed by atoms with E-state index in [2.05, 4.69) is 16.6 Å². The maximum atomic E-state index is 13.7. The number of nitrogens with zero attached hydrogens (tertiary/aromatic N) is 1. The van der Waals surface area contributed by atoms with Crippen LogP contribution in [0.3, 0.4) is 0 Å². The fraction of sp³-hybridized carbons (Fsp3) is 0.333. The molecular formula is C15H15FN2O2S. The quantitative estimate of drug-likeness (QED) is 0.939. The normalized spacial score (nSPS) is 20.1. The summed E-state index contributed by atoms with van der Waals surface area (Å²) >= 11 is 1.20. The van der Waals surface area contributed by atoms with Crippen molar-refractivity contribution in [2.24, 2.45) is 11.8 Å². The predicted molar refractivity (Wildman–Crippen MR) is 80.0 cm³/mol. The number of anilines is 1. The Labute approximate surface area is 126 Å². The maximum Gasteiger partial charge on any atom is 0.228 e. The maximum absolute atomic E-state index is 13.7. The van der Waals surface area contributed by atoms with Crippen LogP contribution in [0.5, 0.6) is 5.75 Å². The zero-order valence-corrected chi connectivity index (χ0v) is 12.5. The second-order valence-electron chi connectivity index (χ2n) is 5.23. The third kappa shape index (κ3) is 2.90. The first-order chi connectivity index (χ1) is 10.1. The molecule has 1 aromatic carbocycles. The molecule has 1 aliphatic rings. The third-order valence-electron chi connectivity index (χ3n) is 3.65.